The molecule has 1 rings (SSSR count). The van der Waals surface area contributed by atoms with Crippen LogP contribution in [0.3, 0.4) is 0 Å². The van der Waals surface area contributed by atoms with Crippen molar-refractivity contribution in [2.45, 2.75) is 20.3 Å². The van der Waals surface area contributed by atoms with Crippen molar-refractivity contribution in [1.29, 1.82) is 0 Å². The molecule has 1 heterocycles. The van der Waals surface area contributed by atoms with Crippen LogP contribution < -0.4 is 0 Å². The molecule has 0 unspecified atom stereocenters. The van der Waals surface area contributed by atoms with Crippen LogP contribution in [0.4, 0.5) is 0 Å². The molecule has 0 saturated carbocycles. The zero-order valence-electron chi connectivity index (χ0n) is 7.13. The van der Waals surface area contributed by atoms with Crippen molar-refractivity contribution >= 4 is 11.9 Å². The van der Waals surface area contributed by atoms with E-state index >= 15 is 0 Å². The Morgan fingerprint density at radius 1 is 1.50 bits per heavy atom. The minimum atomic E-state index is 0.883. The quantitative estimate of drug-likeness (QED) is 0.581. The Labute approximate surface area is 68.3 Å². The van der Waals surface area contributed by atoms with Gasteiger partial charge in [0.2, 0.25) is 0 Å². The lowest BCUT2D eigenvalue weighted by molar-refractivity contribution is 0.190. The molecule has 0 N–H and O–H groups in total. The second kappa shape index (κ2) is 3.63. The van der Waals surface area contributed by atoms with Crippen LogP contribution in [0.2, 0.25) is 0 Å². The summed E-state index contributed by atoms with van der Waals surface area (Å²) in [5, 5.41) is 0. The minimum absolute atomic E-state index is 0.883. The predicted octanol–water partition coefficient (Wildman–Crippen LogP) is 2.24. The van der Waals surface area contributed by atoms with Crippen LogP contribution >= 0.6 is 11.9 Å². The molecule has 0 aromatic heterocycles. The summed E-state index contributed by atoms with van der Waals surface area (Å²) in [5.41, 5.74) is 0. The van der Waals surface area contributed by atoms with Crippen LogP contribution in [0.25, 0.3) is 0 Å². The monoisotopic (exact) mass is 159 g/mol. The van der Waals surface area contributed by atoms with Crippen LogP contribution in [0.1, 0.15) is 20.3 Å². The lowest BCUT2D eigenvalue weighted by Gasteiger charge is -2.38. The molecule has 1 nitrogen and oxygen atoms in total. The highest BCUT2D eigenvalue weighted by molar-refractivity contribution is 7.96. The average Bonchev–Trinajstić information content (AvgIpc) is 1.76. The van der Waals surface area contributed by atoms with E-state index in [1.165, 1.54) is 19.5 Å². The zero-order chi connectivity index (χ0) is 7.56. The highest BCUT2D eigenvalue weighted by Gasteiger charge is 2.25. The van der Waals surface area contributed by atoms with Gasteiger partial charge in [-0.2, -0.15) is 0 Å². The van der Waals surface area contributed by atoms with Crippen molar-refractivity contribution in [2.24, 2.45) is 11.8 Å². The SMILES string of the molecule is CSN1CC(CC(C)C)C1. The largest absolute Gasteiger partial charge is 0.250 e. The maximum atomic E-state index is 2.42. The van der Waals surface area contributed by atoms with E-state index in [0.29, 0.717) is 0 Å². The summed E-state index contributed by atoms with van der Waals surface area (Å²) in [6.45, 7) is 7.25. The molecule has 0 atom stereocenters. The highest BCUT2D eigenvalue weighted by Crippen LogP contribution is 2.26. The van der Waals surface area contributed by atoms with Gasteiger partial charge in [0, 0.05) is 13.1 Å². The summed E-state index contributed by atoms with van der Waals surface area (Å²) in [6, 6.07) is 0. The van der Waals surface area contributed by atoms with E-state index in [4.69, 9.17) is 0 Å². The van der Waals surface area contributed by atoms with Gasteiger partial charge in [0.15, 0.2) is 0 Å². The summed E-state index contributed by atoms with van der Waals surface area (Å²) in [7, 11) is 0. The van der Waals surface area contributed by atoms with Crippen molar-refractivity contribution in [1.82, 2.24) is 4.31 Å². The second-order valence-corrected chi connectivity index (χ2v) is 4.41. The van der Waals surface area contributed by atoms with Crippen LogP contribution in [-0.2, 0) is 0 Å². The predicted molar refractivity (Wildman–Crippen MR) is 48.0 cm³/mol. The van der Waals surface area contributed by atoms with E-state index in [1.54, 1.807) is 0 Å². The van der Waals surface area contributed by atoms with Gasteiger partial charge in [-0.25, -0.2) is 0 Å². The van der Waals surface area contributed by atoms with Gasteiger partial charge in [-0.3, -0.25) is 4.31 Å². The van der Waals surface area contributed by atoms with E-state index in [2.05, 4.69) is 24.4 Å². The summed E-state index contributed by atoms with van der Waals surface area (Å²) in [6.07, 6.45) is 3.57. The first-order valence-electron chi connectivity index (χ1n) is 4.01. The molecule has 1 aliphatic rings. The fourth-order valence-electron chi connectivity index (χ4n) is 1.49. The third-order valence-corrected chi connectivity index (χ3v) is 2.80. The molecule has 0 spiro atoms. The molecule has 60 valence electrons. The fourth-order valence-corrected chi connectivity index (χ4v) is 2.21. The number of hydrogen-bond donors (Lipinski definition) is 0. The summed E-state index contributed by atoms with van der Waals surface area (Å²) in [5.74, 6) is 1.88. The first-order chi connectivity index (χ1) is 4.72. The van der Waals surface area contributed by atoms with Crippen molar-refractivity contribution in [3.63, 3.8) is 0 Å². The third-order valence-electron chi connectivity index (χ3n) is 1.99. The second-order valence-electron chi connectivity index (χ2n) is 3.53. The molecular formula is C8H17NS. The molecule has 1 aliphatic heterocycles. The topological polar surface area (TPSA) is 3.24 Å². The Morgan fingerprint density at radius 2 is 2.10 bits per heavy atom. The smallest absolute Gasteiger partial charge is 0.0130 e. The Morgan fingerprint density at radius 3 is 2.50 bits per heavy atom. The number of rotatable bonds is 3. The van der Waals surface area contributed by atoms with Crippen LogP contribution in [0.5, 0.6) is 0 Å². The third kappa shape index (κ3) is 2.17. The summed E-state index contributed by atoms with van der Waals surface area (Å²) >= 11 is 1.88. The molecule has 1 fully saturated rings. The van der Waals surface area contributed by atoms with Crippen LogP contribution in [-0.4, -0.2) is 23.7 Å². The molecule has 0 bridgehead atoms. The Balaban J connectivity index is 2.03. The van der Waals surface area contributed by atoms with Crippen molar-refractivity contribution in [3.05, 3.63) is 0 Å². The zero-order valence-corrected chi connectivity index (χ0v) is 7.95. The number of nitrogens with zero attached hydrogens (tertiary/aromatic N) is 1. The summed E-state index contributed by atoms with van der Waals surface area (Å²) in [4.78, 5) is 0. The van der Waals surface area contributed by atoms with Gasteiger partial charge in [-0.05, 0) is 24.5 Å². The first kappa shape index (κ1) is 8.41. The van der Waals surface area contributed by atoms with Crippen LogP contribution in [0.15, 0.2) is 0 Å². The maximum absolute atomic E-state index is 2.42. The highest BCUT2D eigenvalue weighted by atomic mass is 32.2. The lowest BCUT2D eigenvalue weighted by Crippen LogP contribution is -2.42. The van der Waals surface area contributed by atoms with E-state index in [-0.39, 0.29) is 0 Å². The van der Waals surface area contributed by atoms with Gasteiger partial charge in [0.05, 0.1) is 0 Å². The van der Waals surface area contributed by atoms with Gasteiger partial charge < -0.3 is 0 Å². The van der Waals surface area contributed by atoms with Gasteiger partial charge in [0.25, 0.3) is 0 Å². The van der Waals surface area contributed by atoms with E-state index in [9.17, 15) is 0 Å². The van der Waals surface area contributed by atoms with Crippen LogP contribution in [0, 0.1) is 11.8 Å². The Bertz CT molecular complexity index is 97.4. The standard InChI is InChI=1S/C8H17NS/c1-7(2)4-8-5-9(6-8)10-3/h7-8H,4-6H2,1-3H3. The summed E-state index contributed by atoms with van der Waals surface area (Å²) < 4.78 is 2.42. The molecule has 2 heteroatoms. The van der Waals surface area contributed by atoms with Gasteiger partial charge in [-0.1, -0.05) is 25.8 Å². The molecule has 0 aliphatic carbocycles. The average molecular weight is 159 g/mol. The number of hydrogen-bond acceptors (Lipinski definition) is 2. The molecule has 0 radical (unpaired) electrons. The molecule has 0 amide bonds. The van der Waals surface area contributed by atoms with Crippen molar-refractivity contribution in [3.8, 4) is 0 Å². The molecule has 0 aromatic carbocycles. The molecular weight excluding hydrogens is 142 g/mol. The van der Waals surface area contributed by atoms with E-state index in [1.807, 2.05) is 11.9 Å². The fraction of sp³-hybridized carbons (Fsp3) is 1.00. The molecule has 10 heavy (non-hydrogen) atoms. The van der Waals surface area contributed by atoms with E-state index < -0.39 is 0 Å². The van der Waals surface area contributed by atoms with Crippen molar-refractivity contribution < 1.29 is 0 Å². The van der Waals surface area contributed by atoms with Gasteiger partial charge in [-0.15, -0.1) is 0 Å². The van der Waals surface area contributed by atoms with Crippen molar-refractivity contribution in [2.75, 3.05) is 19.3 Å². The lowest BCUT2D eigenvalue weighted by atomic mass is 9.92. The maximum Gasteiger partial charge on any atom is 0.0130 e. The molecule has 1 saturated heterocycles. The van der Waals surface area contributed by atoms with Gasteiger partial charge >= 0.3 is 0 Å². The normalized spacial score (nSPS) is 21.6. The Kier molecular flexibility index (Phi) is 3.05. The van der Waals surface area contributed by atoms with Gasteiger partial charge in [0.1, 0.15) is 0 Å². The Hall–Kier alpha value is 0.310. The minimum Gasteiger partial charge on any atom is -0.250 e. The first-order valence-corrected chi connectivity index (χ1v) is 5.19. The molecule has 0 aromatic rings. The van der Waals surface area contributed by atoms with E-state index in [0.717, 1.165) is 11.8 Å².